The van der Waals surface area contributed by atoms with E-state index in [2.05, 4.69) is 10.3 Å². The van der Waals surface area contributed by atoms with Crippen molar-refractivity contribution in [2.45, 2.75) is 31.2 Å². The lowest BCUT2D eigenvalue weighted by Gasteiger charge is -2.49. The molecule has 2 aliphatic heterocycles. The van der Waals surface area contributed by atoms with Gasteiger partial charge in [-0.3, -0.25) is 19.3 Å². The molecule has 2 atom stereocenters. The van der Waals surface area contributed by atoms with E-state index in [1.54, 1.807) is 18.2 Å². The van der Waals surface area contributed by atoms with Crippen molar-refractivity contribution in [3.05, 3.63) is 64.6 Å². The number of aliphatic carboxylic acids is 1. The van der Waals surface area contributed by atoms with Crippen LogP contribution in [0.25, 0.3) is 22.2 Å². The summed E-state index contributed by atoms with van der Waals surface area (Å²) in [6, 6.07) is 9.36. The lowest BCUT2D eigenvalue weighted by Crippen LogP contribution is -2.71. The minimum absolute atomic E-state index is 0.214. The van der Waals surface area contributed by atoms with Crippen molar-refractivity contribution in [1.82, 2.24) is 15.2 Å². The van der Waals surface area contributed by atoms with Gasteiger partial charge in [0.25, 0.3) is 11.8 Å². The number of amides is 2. The fourth-order valence-electron chi connectivity index (χ4n) is 5.43. The molecule has 12 heteroatoms. The number of esters is 1. The smallest absolute Gasteiger partial charge is 0.352 e. The number of nitrogens with one attached hydrogen (secondary N) is 2. The van der Waals surface area contributed by atoms with E-state index in [0.29, 0.717) is 11.3 Å². The first kappa shape index (κ1) is 25.9. The van der Waals surface area contributed by atoms with Crippen molar-refractivity contribution in [2.75, 3.05) is 19.0 Å². The quantitative estimate of drug-likeness (QED) is 0.294. The number of ether oxygens (including phenoxy) is 2. The van der Waals surface area contributed by atoms with Gasteiger partial charge in [0.05, 0.1) is 0 Å². The molecule has 206 valence electrons. The molecule has 1 aliphatic carbocycles. The Balaban J connectivity index is 1.09. The summed E-state index contributed by atoms with van der Waals surface area (Å²) < 4.78 is 24.4. The second-order valence-electron chi connectivity index (χ2n) is 9.77. The predicted molar refractivity (Wildman–Crippen MR) is 143 cm³/mol. The lowest BCUT2D eigenvalue weighted by molar-refractivity contribution is -0.151. The van der Waals surface area contributed by atoms with Crippen molar-refractivity contribution in [3.63, 3.8) is 0 Å². The van der Waals surface area contributed by atoms with Gasteiger partial charge in [0.1, 0.15) is 35.3 Å². The Labute approximate surface area is 231 Å². The van der Waals surface area contributed by atoms with Crippen molar-refractivity contribution < 1.29 is 38.1 Å². The summed E-state index contributed by atoms with van der Waals surface area (Å²) >= 11 is 1.29. The molecule has 3 heterocycles. The number of β-lactam (4-membered cyclic amide) rings is 1. The summed E-state index contributed by atoms with van der Waals surface area (Å²) in [5, 5.41) is 12.6. The minimum atomic E-state index is -1.30. The number of nitrogens with zero attached hydrogens (tertiary/aromatic N) is 1. The van der Waals surface area contributed by atoms with E-state index in [-0.39, 0.29) is 30.5 Å². The van der Waals surface area contributed by atoms with Gasteiger partial charge in [0.2, 0.25) is 0 Å². The molecule has 3 aliphatic rings. The monoisotopic (exact) mass is 565 g/mol. The van der Waals surface area contributed by atoms with E-state index in [0.717, 1.165) is 51.0 Å². The Hall–Kier alpha value is -4.32. The van der Waals surface area contributed by atoms with Gasteiger partial charge in [0, 0.05) is 40.4 Å². The average Bonchev–Trinajstić information content (AvgIpc) is 3.30. The van der Waals surface area contributed by atoms with Gasteiger partial charge in [-0.1, -0.05) is 0 Å². The van der Waals surface area contributed by atoms with E-state index in [9.17, 15) is 28.7 Å². The number of aromatic nitrogens is 1. The third-order valence-electron chi connectivity index (χ3n) is 7.24. The molecular formula is C28H24FN3O7S. The molecule has 1 aromatic heterocycles. The van der Waals surface area contributed by atoms with Gasteiger partial charge in [-0.25, -0.2) is 9.18 Å². The first-order chi connectivity index (χ1) is 19.2. The second-order valence-corrected chi connectivity index (χ2v) is 10.9. The van der Waals surface area contributed by atoms with Crippen molar-refractivity contribution >= 4 is 46.4 Å². The molecule has 1 saturated heterocycles. The van der Waals surface area contributed by atoms with Gasteiger partial charge in [0.15, 0.2) is 6.61 Å². The van der Waals surface area contributed by atoms with Crippen LogP contribution in [0.5, 0.6) is 5.75 Å². The van der Waals surface area contributed by atoms with E-state index in [4.69, 9.17) is 9.47 Å². The summed E-state index contributed by atoms with van der Waals surface area (Å²) in [6.45, 7) is 0.678. The van der Waals surface area contributed by atoms with E-state index >= 15 is 0 Å². The number of rotatable bonds is 7. The Morgan fingerprint density at radius 3 is 2.80 bits per heavy atom. The molecule has 2 amide bonds. The molecule has 3 aromatic rings. The number of carboxylic acid groups (broad SMARTS) is 1. The van der Waals surface area contributed by atoms with Crippen LogP contribution in [0.1, 0.15) is 18.1 Å². The van der Waals surface area contributed by atoms with Crippen LogP contribution in [0.4, 0.5) is 4.39 Å². The third-order valence-corrected chi connectivity index (χ3v) is 8.58. The summed E-state index contributed by atoms with van der Waals surface area (Å²) in [4.78, 5) is 52.9. The maximum atomic E-state index is 13.8. The van der Waals surface area contributed by atoms with Crippen LogP contribution in [0.15, 0.2) is 47.7 Å². The molecule has 6 rings (SSSR count). The Morgan fingerprint density at radius 1 is 1.20 bits per heavy atom. The summed E-state index contributed by atoms with van der Waals surface area (Å²) in [5.41, 5.74) is 5.06. The number of aromatic amines is 1. The molecular weight excluding hydrogens is 541 g/mol. The Bertz CT molecular complexity index is 1630. The minimum Gasteiger partial charge on any atom is -0.484 e. The van der Waals surface area contributed by atoms with Gasteiger partial charge >= 0.3 is 11.9 Å². The number of hydrogen-bond acceptors (Lipinski definition) is 7. The second kappa shape index (κ2) is 10.0. The number of fused-ring (bicyclic) bond motifs is 6. The van der Waals surface area contributed by atoms with Crippen LogP contribution in [-0.4, -0.2) is 69.1 Å². The van der Waals surface area contributed by atoms with Gasteiger partial charge < -0.3 is 24.9 Å². The number of hydrogen-bond donors (Lipinski definition) is 3. The SMILES string of the molecule is CC(=O)OCC1=C(C(=O)O)N2C(=O)C(NC(=O)COc3ccc4c(c3)CCc3c-4[nH]c4ccc(F)cc34)C2SC1. The number of benzene rings is 2. The highest BCUT2D eigenvalue weighted by atomic mass is 32.2. The van der Waals surface area contributed by atoms with Gasteiger partial charge in [-0.05, 0) is 60.4 Å². The van der Waals surface area contributed by atoms with Gasteiger partial charge in [-0.15, -0.1) is 11.8 Å². The largest absolute Gasteiger partial charge is 0.484 e. The number of carboxylic acids is 1. The summed E-state index contributed by atoms with van der Waals surface area (Å²) in [5.74, 6) is -2.44. The van der Waals surface area contributed by atoms with E-state index < -0.39 is 35.2 Å². The molecule has 0 radical (unpaired) electrons. The Kier molecular flexibility index (Phi) is 6.49. The van der Waals surface area contributed by atoms with Crippen LogP contribution < -0.4 is 10.1 Å². The van der Waals surface area contributed by atoms with Crippen LogP contribution in [0, 0.1) is 5.82 Å². The fourth-order valence-corrected chi connectivity index (χ4v) is 6.75. The zero-order valence-electron chi connectivity index (χ0n) is 21.3. The standard InChI is InChI=1S/C28H24FN3O7S/c1-13(33)38-10-15-12-40-27-24(26(35)32(27)25(15)28(36)37)31-22(34)11-39-17-4-6-18-14(8-17)2-5-19-20-9-16(29)3-7-21(20)30-23(18)19/h3-4,6-9,24,27,30H,2,5,10-12H2,1H3,(H,31,34)(H,36,37). The van der Waals surface area contributed by atoms with Gasteiger partial charge in [-0.2, -0.15) is 0 Å². The number of aryl methyl sites for hydroxylation is 2. The van der Waals surface area contributed by atoms with Crippen molar-refractivity contribution in [3.8, 4) is 17.0 Å². The van der Waals surface area contributed by atoms with Crippen LogP contribution in [0.2, 0.25) is 0 Å². The fraction of sp³-hybridized carbons (Fsp3) is 0.286. The molecule has 2 unspecified atom stereocenters. The number of H-pyrrole nitrogens is 1. The zero-order valence-corrected chi connectivity index (χ0v) is 22.1. The molecule has 10 nitrogen and oxygen atoms in total. The maximum Gasteiger partial charge on any atom is 0.352 e. The molecule has 0 spiro atoms. The van der Waals surface area contributed by atoms with E-state index in [1.807, 2.05) is 12.1 Å². The van der Waals surface area contributed by atoms with Crippen molar-refractivity contribution in [2.24, 2.45) is 0 Å². The first-order valence-corrected chi connectivity index (χ1v) is 13.6. The Morgan fingerprint density at radius 2 is 2.02 bits per heavy atom. The van der Waals surface area contributed by atoms with E-state index in [1.165, 1.54) is 24.8 Å². The molecule has 0 saturated carbocycles. The predicted octanol–water partition coefficient (Wildman–Crippen LogP) is 2.75. The molecule has 1 fully saturated rings. The maximum absolute atomic E-state index is 13.8. The molecule has 3 N–H and O–H groups in total. The average molecular weight is 566 g/mol. The summed E-state index contributed by atoms with van der Waals surface area (Å²) in [7, 11) is 0. The number of carbonyl (C=O) groups excluding carboxylic acids is 3. The number of carbonyl (C=O) groups is 4. The highest BCUT2D eigenvalue weighted by Crippen LogP contribution is 2.41. The molecule has 2 aromatic carbocycles. The highest BCUT2D eigenvalue weighted by Gasteiger charge is 2.54. The van der Waals surface area contributed by atoms with Crippen LogP contribution in [-0.2, 0) is 36.8 Å². The first-order valence-electron chi connectivity index (χ1n) is 12.6. The highest BCUT2D eigenvalue weighted by molar-refractivity contribution is 8.00. The molecule has 0 bridgehead atoms. The lowest BCUT2D eigenvalue weighted by atomic mass is 9.89. The summed E-state index contributed by atoms with van der Waals surface area (Å²) in [6.07, 6.45) is 1.48. The number of thioether (sulfide) groups is 1. The number of halogens is 1. The van der Waals surface area contributed by atoms with Crippen LogP contribution in [0.3, 0.4) is 0 Å². The normalized spacial score (nSPS) is 19.4. The zero-order chi connectivity index (χ0) is 28.1. The topological polar surface area (TPSA) is 138 Å². The molecule has 40 heavy (non-hydrogen) atoms. The third kappa shape index (κ3) is 4.47. The van der Waals surface area contributed by atoms with Crippen molar-refractivity contribution in [1.29, 1.82) is 0 Å². The van der Waals surface area contributed by atoms with Crippen LogP contribution >= 0.6 is 11.8 Å².